The summed E-state index contributed by atoms with van der Waals surface area (Å²) >= 11 is 0. The van der Waals surface area contributed by atoms with Crippen LogP contribution in [0.3, 0.4) is 0 Å². The molecule has 0 aliphatic heterocycles. The number of ketones is 1. The predicted molar refractivity (Wildman–Crippen MR) is 77.6 cm³/mol. The van der Waals surface area contributed by atoms with Crippen molar-refractivity contribution in [3.05, 3.63) is 29.3 Å². The van der Waals surface area contributed by atoms with E-state index in [1.165, 1.54) is 19.3 Å². The summed E-state index contributed by atoms with van der Waals surface area (Å²) in [7, 11) is 0. The molecular weight excluding hydrogens is 254 g/mol. The van der Waals surface area contributed by atoms with Gasteiger partial charge in [0.1, 0.15) is 0 Å². The van der Waals surface area contributed by atoms with Gasteiger partial charge in [-0.2, -0.15) is 0 Å². The highest BCUT2D eigenvalue weighted by molar-refractivity contribution is 6.40. The van der Waals surface area contributed by atoms with Gasteiger partial charge in [-0.05, 0) is 37.3 Å². The van der Waals surface area contributed by atoms with Crippen LogP contribution in [0.5, 0.6) is 0 Å². The Morgan fingerprint density at radius 3 is 2.55 bits per heavy atom. The van der Waals surface area contributed by atoms with Gasteiger partial charge < -0.3 is 10.5 Å². The van der Waals surface area contributed by atoms with Crippen LogP contribution in [0, 0.1) is 0 Å². The van der Waals surface area contributed by atoms with Gasteiger partial charge in [-0.1, -0.05) is 31.4 Å². The largest absolute Gasteiger partial charge is 0.460 e. The van der Waals surface area contributed by atoms with Crippen molar-refractivity contribution in [1.82, 2.24) is 0 Å². The maximum atomic E-state index is 11.8. The molecule has 0 aromatic heterocycles. The molecule has 0 spiro atoms. The summed E-state index contributed by atoms with van der Waals surface area (Å²) in [6.45, 7) is 1.87. The molecule has 0 bridgehead atoms. The van der Waals surface area contributed by atoms with E-state index in [2.05, 4.69) is 0 Å². The van der Waals surface area contributed by atoms with Gasteiger partial charge in [0.15, 0.2) is 0 Å². The van der Waals surface area contributed by atoms with E-state index >= 15 is 0 Å². The Morgan fingerprint density at radius 1 is 1.25 bits per heavy atom. The summed E-state index contributed by atoms with van der Waals surface area (Å²) in [6, 6.07) is 5.17. The van der Waals surface area contributed by atoms with Crippen molar-refractivity contribution in [1.29, 1.82) is 0 Å². The number of nitrogens with two attached hydrogens (primary N) is 1. The molecular formula is C16H21NO3. The van der Waals surface area contributed by atoms with E-state index in [0.717, 1.165) is 18.4 Å². The molecule has 0 radical (unpaired) electrons. The summed E-state index contributed by atoms with van der Waals surface area (Å²) in [5.41, 5.74) is 8.07. The van der Waals surface area contributed by atoms with Gasteiger partial charge >= 0.3 is 5.97 Å². The zero-order valence-electron chi connectivity index (χ0n) is 11.9. The van der Waals surface area contributed by atoms with Crippen LogP contribution in [0.2, 0.25) is 0 Å². The molecule has 0 amide bonds. The van der Waals surface area contributed by atoms with Gasteiger partial charge in [-0.3, -0.25) is 4.79 Å². The van der Waals surface area contributed by atoms with E-state index in [9.17, 15) is 9.59 Å². The van der Waals surface area contributed by atoms with Crippen molar-refractivity contribution >= 4 is 17.4 Å². The smallest absolute Gasteiger partial charge is 0.379 e. The Bertz CT molecular complexity index is 504. The van der Waals surface area contributed by atoms with E-state index in [1.807, 2.05) is 6.07 Å². The van der Waals surface area contributed by atoms with Crippen molar-refractivity contribution < 1.29 is 14.3 Å². The fourth-order valence-electron chi connectivity index (χ4n) is 2.82. The normalized spacial score (nSPS) is 15.8. The van der Waals surface area contributed by atoms with Crippen LogP contribution in [0.15, 0.2) is 18.2 Å². The first kappa shape index (κ1) is 14.6. The molecule has 1 aliphatic carbocycles. The number of ether oxygens (including phenoxy) is 1. The lowest BCUT2D eigenvalue weighted by molar-refractivity contribution is -0.137. The van der Waals surface area contributed by atoms with Crippen LogP contribution in [0.4, 0.5) is 5.69 Å². The molecule has 1 saturated carbocycles. The molecule has 20 heavy (non-hydrogen) atoms. The molecule has 2 rings (SSSR count). The van der Waals surface area contributed by atoms with E-state index in [4.69, 9.17) is 10.5 Å². The van der Waals surface area contributed by atoms with E-state index in [1.54, 1.807) is 19.1 Å². The number of esters is 1. The van der Waals surface area contributed by atoms with Crippen LogP contribution < -0.4 is 5.73 Å². The minimum atomic E-state index is -0.822. The van der Waals surface area contributed by atoms with Crippen molar-refractivity contribution in [2.45, 2.75) is 44.9 Å². The van der Waals surface area contributed by atoms with Crippen LogP contribution in [0.1, 0.15) is 60.9 Å². The van der Waals surface area contributed by atoms with Crippen LogP contribution in [-0.4, -0.2) is 18.4 Å². The van der Waals surface area contributed by atoms with Gasteiger partial charge in [-0.15, -0.1) is 0 Å². The molecule has 2 N–H and O–H groups in total. The summed E-state index contributed by atoms with van der Waals surface area (Å²) in [4.78, 5) is 23.3. The standard InChI is InChI=1S/C16H21NO3/c1-2-20-16(19)15(18)12-8-9-13(14(17)10-12)11-6-4-3-5-7-11/h8-11H,2-7,17H2,1H3. The van der Waals surface area contributed by atoms with E-state index in [0.29, 0.717) is 17.2 Å². The number of hydrogen-bond acceptors (Lipinski definition) is 4. The maximum absolute atomic E-state index is 11.8. The number of carbonyl (C=O) groups excluding carboxylic acids is 2. The third-order valence-electron chi connectivity index (χ3n) is 3.85. The van der Waals surface area contributed by atoms with E-state index < -0.39 is 11.8 Å². The van der Waals surface area contributed by atoms with Gasteiger partial charge in [0.2, 0.25) is 0 Å². The van der Waals surface area contributed by atoms with Gasteiger partial charge in [-0.25, -0.2) is 4.79 Å². The molecule has 108 valence electrons. The van der Waals surface area contributed by atoms with Crippen LogP contribution >= 0.6 is 0 Å². The second-order valence-corrected chi connectivity index (χ2v) is 5.23. The summed E-state index contributed by atoms with van der Waals surface area (Å²) in [5.74, 6) is -0.971. The summed E-state index contributed by atoms with van der Waals surface area (Å²) < 4.78 is 4.72. The molecule has 0 unspecified atom stereocenters. The van der Waals surface area contributed by atoms with Gasteiger partial charge in [0.25, 0.3) is 5.78 Å². The molecule has 4 heteroatoms. The van der Waals surface area contributed by atoms with Gasteiger partial charge in [0.05, 0.1) is 6.61 Å². The second-order valence-electron chi connectivity index (χ2n) is 5.23. The predicted octanol–water partition coefficient (Wildman–Crippen LogP) is 3.06. The lowest BCUT2D eigenvalue weighted by Crippen LogP contribution is -2.18. The Labute approximate surface area is 119 Å². The Kier molecular flexibility index (Phi) is 4.77. The summed E-state index contributed by atoms with van der Waals surface area (Å²) in [6.07, 6.45) is 6.04. The molecule has 0 saturated heterocycles. The minimum absolute atomic E-state index is 0.195. The first-order chi connectivity index (χ1) is 9.63. The fourth-order valence-corrected chi connectivity index (χ4v) is 2.82. The number of hydrogen-bond donors (Lipinski definition) is 1. The lowest BCUT2D eigenvalue weighted by atomic mass is 9.83. The number of nitrogen functional groups attached to an aromatic ring is 1. The highest BCUT2D eigenvalue weighted by atomic mass is 16.5. The average Bonchev–Trinajstić information content (AvgIpc) is 2.47. The number of Topliss-reactive ketones (excluding diaryl/α,β-unsaturated/α-hetero) is 1. The highest BCUT2D eigenvalue weighted by Gasteiger charge is 2.21. The molecule has 0 atom stereocenters. The van der Waals surface area contributed by atoms with Crippen molar-refractivity contribution in [2.24, 2.45) is 0 Å². The average molecular weight is 275 g/mol. The maximum Gasteiger partial charge on any atom is 0.379 e. The molecule has 1 aliphatic rings. The third-order valence-corrected chi connectivity index (χ3v) is 3.85. The number of anilines is 1. The summed E-state index contributed by atoms with van der Waals surface area (Å²) in [5, 5.41) is 0. The Hall–Kier alpha value is -1.84. The quantitative estimate of drug-likeness (QED) is 0.397. The molecule has 4 nitrogen and oxygen atoms in total. The zero-order chi connectivity index (χ0) is 14.5. The number of carbonyl (C=O) groups is 2. The third kappa shape index (κ3) is 3.18. The van der Waals surface area contributed by atoms with Crippen LogP contribution in [-0.2, 0) is 9.53 Å². The number of benzene rings is 1. The lowest BCUT2D eigenvalue weighted by Gasteiger charge is -2.23. The first-order valence-corrected chi connectivity index (χ1v) is 7.24. The van der Waals surface area contributed by atoms with Crippen LogP contribution in [0.25, 0.3) is 0 Å². The first-order valence-electron chi connectivity index (χ1n) is 7.24. The second kappa shape index (κ2) is 6.55. The Balaban J connectivity index is 2.16. The molecule has 1 aromatic rings. The minimum Gasteiger partial charge on any atom is -0.460 e. The van der Waals surface area contributed by atoms with E-state index in [-0.39, 0.29) is 6.61 Å². The SMILES string of the molecule is CCOC(=O)C(=O)c1ccc(C2CCCCC2)c(N)c1. The highest BCUT2D eigenvalue weighted by Crippen LogP contribution is 2.35. The van der Waals surface area contributed by atoms with Crippen molar-refractivity contribution in [3.63, 3.8) is 0 Å². The topological polar surface area (TPSA) is 69.4 Å². The molecule has 1 fully saturated rings. The van der Waals surface area contributed by atoms with Crippen molar-refractivity contribution in [2.75, 3.05) is 12.3 Å². The number of rotatable bonds is 4. The fraction of sp³-hybridized carbons (Fsp3) is 0.500. The molecule has 1 aromatic carbocycles. The molecule has 0 heterocycles. The monoisotopic (exact) mass is 275 g/mol. The van der Waals surface area contributed by atoms with Crippen molar-refractivity contribution in [3.8, 4) is 0 Å². The Morgan fingerprint density at radius 2 is 1.95 bits per heavy atom. The zero-order valence-corrected chi connectivity index (χ0v) is 11.9. The van der Waals surface area contributed by atoms with Gasteiger partial charge in [0, 0.05) is 11.3 Å².